The number of carbonyl (C=O) groups excluding carboxylic acids is 1. The molecule has 1 aliphatic rings. The number of nitrogen functional groups attached to an aromatic ring is 1. The zero-order chi connectivity index (χ0) is 14.8. The van der Waals surface area contributed by atoms with Crippen LogP contribution >= 0.6 is 0 Å². The van der Waals surface area contributed by atoms with Crippen molar-refractivity contribution in [2.45, 2.75) is 32.3 Å². The molecular weight excluding hydrogens is 256 g/mol. The van der Waals surface area contributed by atoms with Gasteiger partial charge in [0.05, 0.1) is 17.9 Å². The van der Waals surface area contributed by atoms with Crippen molar-refractivity contribution >= 4 is 11.6 Å². The number of likely N-dealkylation sites (tertiary alicyclic amines) is 1. The predicted octanol–water partition coefficient (Wildman–Crippen LogP) is 1.65. The number of benzene rings is 1. The zero-order valence-corrected chi connectivity index (χ0v) is 12.1. The van der Waals surface area contributed by atoms with Crippen LogP contribution in [0.25, 0.3) is 0 Å². The number of aliphatic hydroxyl groups is 1. The van der Waals surface area contributed by atoms with Gasteiger partial charge in [-0.2, -0.15) is 0 Å². The molecule has 1 aromatic rings. The standard InChI is InChI=1S/C15H22N2O3/c1-3-20-13-5-4-11(10-12(13)16)14(18)17-8-6-15(2,19)7-9-17/h4-5,10,19H,3,6-9,16H2,1-2H3. The first kappa shape index (κ1) is 14.7. The number of nitrogens with two attached hydrogens (primary N) is 1. The van der Waals surface area contributed by atoms with E-state index in [2.05, 4.69) is 0 Å². The van der Waals surface area contributed by atoms with Crippen molar-refractivity contribution in [2.24, 2.45) is 0 Å². The summed E-state index contributed by atoms with van der Waals surface area (Å²) in [7, 11) is 0. The number of hydrogen-bond acceptors (Lipinski definition) is 4. The molecule has 2 rings (SSSR count). The summed E-state index contributed by atoms with van der Waals surface area (Å²) in [5.41, 5.74) is 6.26. The molecule has 5 nitrogen and oxygen atoms in total. The summed E-state index contributed by atoms with van der Waals surface area (Å²) >= 11 is 0. The number of ether oxygens (including phenoxy) is 1. The van der Waals surface area contributed by atoms with Gasteiger partial charge < -0.3 is 20.5 Å². The van der Waals surface area contributed by atoms with Crippen LogP contribution in [0.5, 0.6) is 5.75 Å². The molecule has 1 saturated heterocycles. The average Bonchev–Trinajstić information content (AvgIpc) is 2.40. The fraction of sp³-hybridized carbons (Fsp3) is 0.533. The lowest BCUT2D eigenvalue weighted by Crippen LogP contribution is -2.45. The van der Waals surface area contributed by atoms with Crippen molar-refractivity contribution in [1.29, 1.82) is 0 Å². The highest BCUT2D eigenvalue weighted by Gasteiger charge is 2.30. The fourth-order valence-electron chi connectivity index (χ4n) is 2.34. The molecule has 0 aliphatic carbocycles. The Morgan fingerprint density at radius 2 is 2.10 bits per heavy atom. The molecule has 0 saturated carbocycles. The van der Waals surface area contributed by atoms with Gasteiger partial charge in [0.25, 0.3) is 5.91 Å². The van der Waals surface area contributed by atoms with Crippen molar-refractivity contribution in [3.05, 3.63) is 23.8 Å². The molecule has 0 radical (unpaired) electrons. The van der Waals surface area contributed by atoms with Crippen LogP contribution in [0.2, 0.25) is 0 Å². The van der Waals surface area contributed by atoms with Gasteiger partial charge in [0, 0.05) is 18.7 Å². The molecule has 0 bridgehead atoms. The summed E-state index contributed by atoms with van der Waals surface area (Å²) in [6.45, 7) is 5.37. The third-order valence-electron chi connectivity index (χ3n) is 3.68. The quantitative estimate of drug-likeness (QED) is 0.824. The average molecular weight is 278 g/mol. The number of carbonyl (C=O) groups is 1. The van der Waals surface area contributed by atoms with Crippen LogP contribution < -0.4 is 10.5 Å². The minimum Gasteiger partial charge on any atom is -0.492 e. The number of nitrogens with zero attached hydrogens (tertiary/aromatic N) is 1. The third-order valence-corrected chi connectivity index (χ3v) is 3.68. The van der Waals surface area contributed by atoms with Crippen LogP contribution in [0, 0.1) is 0 Å². The van der Waals surface area contributed by atoms with Crippen molar-refractivity contribution < 1.29 is 14.6 Å². The van der Waals surface area contributed by atoms with E-state index in [1.807, 2.05) is 13.8 Å². The van der Waals surface area contributed by atoms with Crippen molar-refractivity contribution in [1.82, 2.24) is 4.90 Å². The molecule has 1 aromatic carbocycles. The van der Waals surface area contributed by atoms with Gasteiger partial charge in [-0.05, 0) is 44.9 Å². The Morgan fingerprint density at radius 1 is 1.45 bits per heavy atom. The summed E-state index contributed by atoms with van der Waals surface area (Å²) in [5.74, 6) is 0.556. The molecule has 1 heterocycles. The number of anilines is 1. The molecule has 5 heteroatoms. The first-order valence-corrected chi connectivity index (χ1v) is 6.97. The van der Waals surface area contributed by atoms with Crippen molar-refractivity contribution in [3.63, 3.8) is 0 Å². The zero-order valence-electron chi connectivity index (χ0n) is 12.1. The monoisotopic (exact) mass is 278 g/mol. The van der Waals surface area contributed by atoms with Gasteiger partial charge in [-0.15, -0.1) is 0 Å². The van der Waals surface area contributed by atoms with Crippen LogP contribution in [-0.2, 0) is 0 Å². The van der Waals surface area contributed by atoms with E-state index >= 15 is 0 Å². The SMILES string of the molecule is CCOc1ccc(C(=O)N2CCC(C)(O)CC2)cc1N. The Hall–Kier alpha value is -1.75. The maximum Gasteiger partial charge on any atom is 0.253 e. The third kappa shape index (κ3) is 3.22. The Kier molecular flexibility index (Phi) is 4.18. The Balaban J connectivity index is 2.08. The molecule has 110 valence electrons. The second-order valence-corrected chi connectivity index (χ2v) is 5.47. The van der Waals surface area contributed by atoms with Gasteiger partial charge in [0.15, 0.2) is 0 Å². The lowest BCUT2D eigenvalue weighted by Gasteiger charge is -2.35. The van der Waals surface area contributed by atoms with Crippen molar-refractivity contribution in [3.8, 4) is 5.75 Å². The van der Waals surface area contributed by atoms with Gasteiger partial charge in [-0.25, -0.2) is 0 Å². The lowest BCUT2D eigenvalue weighted by atomic mass is 9.93. The molecule has 0 spiro atoms. The molecule has 0 unspecified atom stereocenters. The topological polar surface area (TPSA) is 75.8 Å². The van der Waals surface area contributed by atoms with E-state index in [1.54, 1.807) is 23.1 Å². The van der Waals surface area contributed by atoms with E-state index in [1.165, 1.54) is 0 Å². The fourth-order valence-corrected chi connectivity index (χ4v) is 2.34. The number of piperidine rings is 1. The molecule has 0 atom stereocenters. The van der Waals surface area contributed by atoms with E-state index in [4.69, 9.17) is 10.5 Å². The molecule has 0 aromatic heterocycles. The van der Waals surface area contributed by atoms with Crippen LogP contribution in [0.4, 0.5) is 5.69 Å². The number of rotatable bonds is 3. The highest BCUT2D eigenvalue weighted by atomic mass is 16.5. The van der Waals surface area contributed by atoms with Crippen LogP contribution in [0.15, 0.2) is 18.2 Å². The molecule has 1 aliphatic heterocycles. The molecule has 1 fully saturated rings. The van der Waals surface area contributed by atoms with Gasteiger partial charge in [0.2, 0.25) is 0 Å². The molecule has 1 amide bonds. The Labute approximate surface area is 119 Å². The van der Waals surface area contributed by atoms with Gasteiger partial charge >= 0.3 is 0 Å². The highest BCUT2D eigenvalue weighted by molar-refractivity contribution is 5.95. The predicted molar refractivity (Wildman–Crippen MR) is 77.8 cm³/mol. The van der Waals surface area contributed by atoms with Gasteiger partial charge in [-0.3, -0.25) is 4.79 Å². The van der Waals surface area contributed by atoms with E-state index in [0.29, 0.717) is 49.5 Å². The highest BCUT2D eigenvalue weighted by Crippen LogP contribution is 2.26. The first-order valence-electron chi connectivity index (χ1n) is 6.97. The van der Waals surface area contributed by atoms with E-state index in [0.717, 1.165) is 0 Å². The molecule has 20 heavy (non-hydrogen) atoms. The maximum absolute atomic E-state index is 12.4. The second-order valence-electron chi connectivity index (χ2n) is 5.47. The minimum absolute atomic E-state index is 0.0461. The van der Waals surface area contributed by atoms with Gasteiger partial charge in [-0.1, -0.05) is 0 Å². The van der Waals surface area contributed by atoms with Crippen molar-refractivity contribution in [2.75, 3.05) is 25.4 Å². The normalized spacial score (nSPS) is 17.9. The summed E-state index contributed by atoms with van der Waals surface area (Å²) in [5, 5.41) is 9.91. The van der Waals surface area contributed by atoms with Crippen LogP contribution in [0.1, 0.15) is 37.0 Å². The van der Waals surface area contributed by atoms with Gasteiger partial charge in [0.1, 0.15) is 5.75 Å². The van der Waals surface area contributed by atoms with E-state index in [-0.39, 0.29) is 5.91 Å². The van der Waals surface area contributed by atoms with E-state index < -0.39 is 5.60 Å². The maximum atomic E-state index is 12.4. The summed E-state index contributed by atoms with van der Waals surface area (Å²) in [4.78, 5) is 14.1. The minimum atomic E-state index is -0.658. The lowest BCUT2D eigenvalue weighted by molar-refractivity contribution is -0.00202. The van der Waals surface area contributed by atoms with Crippen LogP contribution in [-0.4, -0.2) is 41.2 Å². The van der Waals surface area contributed by atoms with E-state index in [9.17, 15) is 9.90 Å². The number of hydrogen-bond donors (Lipinski definition) is 2. The Morgan fingerprint density at radius 3 is 2.65 bits per heavy atom. The summed E-state index contributed by atoms with van der Waals surface area (Å²) < 4.78 is 5.36. The molecule has 3 N–H and O–H groups in total. The molecular formula is C15H22N2O3. The summed E-state index contributed by atoms with van der Waals surface area (Å²) in [6, 6.07) is 5.11. The largest absolute Gasteiger partial charge is 0.492 e. The number of amides is 1. The second kappa shape index (κ2) is 5.71. The smallest absolute Gasteiger partial charge is 0.253 e. The Bertz CT molecular complexity index is 490. The first-order chi connectivity index (χ1) is 9.43. The summed E-state index contributed by atoms with van der Waals surface area (Å²) in [6.07, 6.45) is 1.20. The van der Waals surface area contributed by atoms with Crippen LogP contribution in [0.3, 0.4) is 0 Å².